The number of furan rings is 1. The molecule has 5 nitrogen and oxygen atoms in total. The van der Waals surface area contributed by atoms with Crippen molar-refractivity contribution >= 4 is 29.9 Å². The number of nitrogens with zero attached hydrogens (tertiary/aromatic N) is 3. The molecule has 2 fully saturated rings. The standard InChI is InChI=1S/C21H33F3N4O.HI/c1-2-27(16-21(22,23)24)14-17-10-12-28(15-17)20(26-18-6-3-4-7-18)25-11-9-19-8-5-13-29-19;/h5,8,13,17-18H,2-4,6-7,9-12,14-16H2,1H3,(H,25,26);1H. The minimum atomic E-state index is -4.14. The first-order chi connectivity index (χ1) is 13.9. The smallest absolute Gasteiger partial charge is 0.401 e. The van der Waals surface area contributed by atoms with Crippen molar-refractivity contribution in [3.05, 3.63) is 24.2 Å². The van der Waals surface area contributed by atoms with Crippen molar-refractivity contribution in [2.75, 3.05) is 39.3 Å². The van der Waals surface area contributed by atoms with Gasteiger partial charge in [0.25, 0.3) is 0 Å². The Labute approximate surface area is 194 Å². The minimum absolute atomic E-state index is 0. The van der Waals surface area contributed by atoms with Gasteiger partial charge < -0.3 is 14.6 Å². The molecule has 30 heavy (non-hydrogen) atoms. The third kappa shape index (κ3) is 8.28. The third-order valence-electron chi connectivity index (χ3n) is 5.84. The van der Waals surface area contributed by atoms with E-state index in [4.69, 9.17) is 9.41 Å². The van der Waals surface area contributed by atoms with Crippen molar-refractivity contribution in [2.45, 2.75) is 57.7 Å². The number of rotatable bonds is 8. The van der Waals surface area contributed by atoms with E-state index in [0.717, 1.165) is 50.5 Å². The van der Waals surface area contributed by atoms with E-state index in [1.807, 2.05) is 12.1 Å². The molecule has 0 radical (unpaired) electrons. The van der Waals surface area contributed by atoms with Crippen molar-refractivity contribution < 1.29 is 17.6 Å². The number of alkyl halides is 3. The van der Waals surface area contributed by atoms with Crippen LogP contribution in [-0.2, 0) is 6.42 Å². The lowest BCUT2D eigenvalue weighted by molar-refractivity contribution is -0.146. The maximum Gasteiger partial charge on any atom is 0.401 e. The van der Waals surface area contributed by atoms with Gasteiger partial charge in [0.15, 0.2) is 5.96 Å². The Bertz CT molecular complexity index is 633. The SMILES string of the molecule is CCN(CC1CCN(C(=NCCc2ccco2)NC2CCCC2)C1)CC(F)(F)F.I. The summed E-state index contributed by atoms with van der Waals surface area (Å²) in [5.41, 5.74) is 0. The van der Waals surface area contributed by atoms with Crippen molar-refractivity contribution in [2.24, 2.45) is 10.9 Å². The molecule has 172 valence electrons. The summed E-state index contributed by atoms with van der Waals surface area (Å²) in [5.74, 6) is 2.06. The number of hydrogen-bond donors (Lipinski definition) is 1. The number of halogens is 4. The molecule has 1 atom stereocenters. The summed E-state index contributed by atoms with van der Waals surface area (Å²) in [7, 11) is 0. The normalized spacial score (nSPS) is 20.8. The zero-order valence-electron chi connectivity index (χ0n) is 17.7. The second-order valence-electron chi connectivity index (χ2n) is 8.20. The van der Waals surface area contributed by atoms with Gasteiger partial charge in [0, 0.05) is 38.6 Å². The van der Waals surface area contributed by atoms with Crippen LogP contribution in [-0.4, -0.2) is 67.2 Å². The van der Waals surface area contributed by atoms with Crippen LogP contribution in [0.15, 0.2) is 27.8 Å². The van der Waals surface area contributed by atoms with Crippen LogP contribution in [0.25, 0.3) is 0 Å². The average Bonchev–Trinajstić information content (AvgIpc) is 3.42. The van der Waals surface area contributed by atoms with Gasteiger partial charge in [-0.05, 0) is 43.9 Å². The molecule has 1 saturated carbocycles. The lowest BCUT2D eigenvalue weighted by Gasteiger charge is -2.27. The zero-order chi connectivity index (χ0) is 20.7. The summed E-state index contributed by atoms with van der Waals surface area (Å²) in [5, 5.41) is 3.62. The number of hydrogen-bond acceptors (Lipinski definition) is 3. The zero-order valence-corrected chi connectivity index (χ0v) is 20.0. The predicted molar refractivity (Wildman–Crippen MR) is 123 cm³/mol. The van der Waals surface area contributed by atoms with E-state index in [2.05, 4.69) is 10.2 Å². The van der Waals surface area contributed by atoms with Crippen molar-refractivity contribution in [3.8, 4) is 0 Å². The summed E-state index contributed by atoms with van der Waals surface area (Å²) in [6, 6.07) is 4.28. The van der Waals surface area contributed by atoms with Gasteiger partial charge in [-0.25, -0.2) is 0 Å². The van der Waals surface area contributed by atoms with Crippen LogP contribution in [0.1, 0.15) is 44.8 Å². The van der Waals surface area contributed by atoms with E-state index in [-0.39, 0.29) is 29.9 Å². The van der Waals surface area contributed by atoms with Gasteiger partial charge in [0.2, 0.25) is 0 Å². The van der Waals surface area contributed by atoms with Crippen LogP contribution in [0.3, 0.4) is 0 Å². The predicted octanol–water partition coefficient (Wildman–Crippen LogP) is 4.53. The Hall–Kier alpha value is -0.970. The Morgan fingerprint density at radius 1 is 1.30 bits per heavy atom. The first-order valence-corrected chi connectivity index (χ1v) is 10.8. The van der Waals surface area contributed by atoms with Gasteiger partial charge in [0.05, 0.1) is 12.8 Å². The Kier molecular flexibility index (Phi) is 10.3. The van der Waals surface area contributed by atoms with Crippen molar-refractivity contribution in [1.29, 1.82) is 0 Å². The molecule has 1 saturated heterocycles. The van der Waals surface area contributed by atoms with Crippen LogP contribution >= 0.6 is 24.0 Å². The van der Waals surface area contributed by atoms with Gasteiger partial charge >= 0.3 is 6.18 Å². The molecule has 0 bridgehead atoms. The highest BCUT2D eigenvalue weighted by molar-refractivity contribution is 14.0. The summed E-state index contributed by atoms with van der Waals surface area (Å²) >= 11 is 0. The Morgan fingerprint density at radius 2 is 2.07 bits per heavy atom. The lowest BCUT2D eigenvalue weighted by Crippen LogP contribution is -2.45. The van der Waals surface area contributed by atoms with Crippen LogP contribution in [0.2, 0.25) is 0 Å². The van der Waals surface area contributed by atoms with E-state index in [9.17, 15) is 13.2 Å². The Morgan fingerprint density at radius 3 is 2.70 bits per heavy atom. The molecule has 1 N–H and O–H groups in total. The van der Waals surface area contributed by atoms with Crippen LogP contribution in [0, 0.1) is 5.92 Å². The molecule has 1 unspecified atom stereocenters. The number of aliphatic imine (C=N–C) groups is 1. The fourth-order valence-electron chi connectivity index (χ4n) is 4.31. The monoisotopic (exact) mass is 542 g/mol. The minimum Gasteiger partial charge on any atom is -0.469 e. The molecule has 0 amide bonds. The fourth-order valence-corrected chi connectivity index (χ4v) is 4.31. The summed E-state index contributed by atoms with van der Waals surface area (Å²) in [6.45, 7) is 4.10. The highest BCUT2D eigenvalue weighted by atomic mass is 127. The second-order valence-corrected chi connectivity index (χ2v) is 8.20. The highest BCUT2D eigenvalue weighted by Gasteiger charge is 2.33. The molecule has 1 aliphatic carbocycles. The lowest BCUT2D eigenvalue weighted by atomic mass is 10.1. The molecule has 0 spiro atoms. The van der Waals surface area contributed by atoms with Crippen LogP contribution < -0.4 is 5.32 Å². The van der Waals surface area contributed by atoms with E-state index in [0.29, 0.717) is 25.7 Å². The maximum absolute atomic E-state index is 12.8. The average molecular weight is 542 g/mol. The first-order valence-electron chi connectivity index (χ1n) is 10.8. The molecule has 1 aromatic rings. The van der Waals surface area contributed by atoms with Crippen molar-refractivity contribution in [3.63, 3.8) is 0 Å². The van der Waals surface area contributed by atoms with E-state index in [1.165, 1.54) is 17.7 Å². The molecule has 3 rings (SSSR count). The summed E-state index contributed by atoms with van der Waals surface area (Å²) < 4.78 is 43.7. The van der Waals surface area contributed by atoms with Gasteiger partial charge in [0.1, 0.15) is 5.76 Å². The summed E-state index contributed by atoms with van der Waals surface area (Å²) in [6.07, 6.45) is 3.96. The van der Waals surface area contributed by atoms with Gasteiger partial charge in [-0.1, -0.05) is 19.8 Å². The van der Waals surface area contributed by atoms with Crippen LogP contribution in [0.5, 0.6) is 0 Å². The molecule has 1 aliphatic heterocycles. The van der Waals surface area contributed by atoms with Crippen molar-refractivity contribution in [1.82, 2.24) is 15.1 Å². The highest BCUT2D eigenvalue weighted by Crippen LogP contribution is 2.23. The molecular weight excluding hydrogens is 508 g/mol. The fraction of sp³-hybridized carbons (Fsp3) is 0.762. The summed E-state index contributed by atoms with van der Waals surface area (Å²) in [4.78, 5) is 8.55. The van der Waals surface area contributed by atoms with Gasteiger partial charge in [-0.3, -0.25) is 9.89 Å². The number of likely N-dealkylation sites (tertiary alicyclic amines) is 1. The van der Waals surface area contributed by atoms with E-state index < -0.39 is 12.7 Å². The van der Waals surface area contributed by atoms with E-state index in [1.54, 1.807) is 13.2 Å². The van der Waals surface area contributed by atoms with Crippen LogP contribution in [0.4, 0.5) is 13.2 Å². The topological polar surface area (TPSA) is 44.0 Å². The molecule has 1 aromatic heterocycles. The Balaban J connectivity index is 0.00000320. The molecule has 2 heterocycles. The second kappa shape index (κ2) is 12.2. The molecular formula is C21H34F3IN4O. The van der Waals surface area contributed by atoms with Gasteiger partial charge in [-0.2, -0.15) is 13.2 Å². The number of guanidine groups is 1. The third-order valence-corrected chi connectivity index (χ3v) is 5.84. The molecule has 9 heteroatoms. The van der Waals surface area contributed by atoms with E-state index >= 15 is 0 Å². The maximum atomic E-state index is 12.8. The molecule has 2 aliphatic rings. The van der Waals surface area contributed by atoms with Gasteiger partial charge in [-0.15, -0.1) is 24.0 Å². The number of nitrogens with one attached hydrogen (secondary N) is 1. The largest absolute Gasteiger partial charge is 0.469 e. The molecule has 0 aromatic carbocycles. The first kappa shape index (κ1) is 25.3. The quantitative estimate of drug-likeness (QED) is 0.298.